The van der Waals surface area contributed by atoms with Gasteiger partial charge in [-0.3, -0.25) is 9.72 Å². The summed E-state index contributed by atoms with van der Waals surface area (Å²) in [6.07, 6.45) is 6.33. The fourth-order valence-electron chi connectivity index (χ4n) is 7.29. The van der Waals surface area contributed by atoms with E-state index < -0.39 is 0 Å². The van der Waals surface area contributed by atoms with Gasteiger partial charge in [-0.1, -0.05) is 80.9 Å². The van der Waals surface area contributed by atoms with E-state index in [-0.39, 0.29) is 29.9 Å². The first-order valence-corrected chi connectivity index (χ1v) is 20.5. The van der Waals surface area contributed by atoms with Crippen LogP contribution in [0.4, 0.5) is 10.6 Å². The Balaban J connectivity index is 0.961. The Hall–Kier alpha value is -5.17. The summed E-state index contributed by atoms with van der Waals surface area (Å²) >= 11 is 1.74. The molecular formula is C44H49N7O4S. The van der Waals surface area contributed by atoms with Crippen LogP contribution < -0.4 is 15.4 Å². The van der Waals surface area contributed by atoms with E-state index in [0.717, 1.165) is 88.0 Å². The number of urea groups is 1. The number of aromatic nitrogens is 5. The number of thioether (sulfide) groups is 1. The molecule has 3 aromatic carbocycles. The fraction of sp³-hybridized carbons (Fsp3) is 0.364. The van der Waals surface area contributed by atoms with Crippen LogP contribution in [0.15, 0.2) is 102 Å². The smallest absolute Gasteiger partial charge is 0.320 e. The molecule has 0 bridgehead atoms. The Morgan fingerprint density at radius 3 is 2.54 bits per heavy atom. The molecule has 12 heteroatoms. The van der Waals surface area contributed by atoms with Gasteiger partial charge in [0.1, 0.15) is 17.7 Å². The Kier molecular flexibility index (Phi) is 11.1. The van der Waals surface area contributed by atoms with Crippen LogP contribution in [0.25, 0.3) is 22.7 Å². The molecule has 4 heterocycles. The minimum Gasteiger partial charge on any atom is -0.484 e. The lowest BCUT2D eigenvalue weighted by molar-refractivity contribution is -0.158. The Bertz CT molecular complexity index is 2290. The molecule has 8 rings (SSSR count). The summed E-state index contributed by atoms with van der Waals surface area (Å²) in [5, 5.41) is 20.3. The number of nitrogens with zero attached hydrogens (tertiary/aromatic N) is 5. The summed E-state index contributed by atoms with van der Waals surface area (Å²) in [4.78, 5) is 14.8. The van der Waals surface area contributed by atoms with Gasteiger partial charge in [0.15, 0.2) is 17.8 Å². The van der Waals surface area contributed by atoms with E-state index in [1.165, 1.54) is 0 Å². The van der Waals surface area contributed by atoms with Crippen molar-refractivity contribution >= 4 is 29.3 Å². The summed E-state index contributed by atoms with van der Waals surface area (Å²) < 4.78 is 22.2. The highest BCUT2D eigenvalue weighted by molar-refractivity contribution is 7.99. The number of fused-ring (bicyclic) bond motifs is 2. The van der Waals surface area contributed by atoms with Gasteiger partial charge >= 0.3 is 6.03 Å². The van der Waals surface area contributed by atoms with E-state index in [9.17, 15) is 4.79 Å². The molecule has 0 spiro atoms. The van der Waals surface area contributed by atoms with Gasteiger partial charge < -0.3 is 19.5 Å². The molecule has 2 amide bonds. The number of benzene rings is 3. The number of rotatable bonds is 11. The number of hydrogen-bond acceptors (Lipinski definition) is 8. The van der Waals surface area contributed by atoms with E-state index in [4.69, 9.17) is 19.3 Å². The third-order valence-corrected chi connectivity index (χ3v) is 11.3. The molecular weight excluding hydrogens is 723 g/mol. The second-order valence-corrected chi connectivity index (χ2v) is 16.6. The zero-order valence-electron chi connectivity index (χ0n) is 32.4. The van der Waals surface area contributed by atoms with Crippen molar-refractivity contribution in [3.63, 3.8) is 0 Å². The molecule has 6 aromatic rings. The third-order valence-electron chi connectivity index (χ3n) is 10.3. The highest BCUT2D eigenvalue weighted by Gasteiger charge is 2.30. The lowest BCUT2D eigenvalue weighted by Crippen LogP contribution is -2.36. The first kappa shape index (κ1) is 37.7. The molecule has 11 nitrogen and oxygen atoms in total. The van der Waals surface area contributed by atoms with Crippen molar-refractivity contribution in [3.05, 3.63) is 120 Å². The van der Waals surface area contributed by atoms with E-state index >= 15 is 0 Å². The van der Waals surface area contributed by atoms with Crippen molar-refractivity contribution in [1.29, 1.82) is 0 Å². The highest BCUT2D eigenvalue weighted by atomic mass is 32.2. The zero-order chi connectivity index (χ0) is 38.6. The second kappa shape index (κ2) is 16.5. The molecule has 2 aliphatic rings. The molecule has 1 unspecified atom stereocenters. The van der Waals surface area contributed by atoms with Crippen LogP contribution in [0.5, 0.6) is 5.75 Å². The molecule has 3 atom stereocenters. The number of aryl methyl sites for hydroxylation is 1. The van der Waals surface area contributed by atoms with Gasteiger partial charge in [-0.2, -0.15) is 5.10 Å². The summed E-state index contributed by atoms with van der Waals surface area (Å²) in [6.45, 7) is 9.79. The van der Waals surface area contributed by atoms with Gasteiger partial charge in [-0.05, 0) is 80.5 Å². The fourth-order valence-corrected chi connectivity index (χ4v) is 8.18. The molecule has 2 N–H and O–H groups in total. The normalized spacial score (nSPS) is 18.4. The average Bonchev–Trinajstić information content (AvgIpc) is 3.83. The summed E-state index contributed by atoms with van der Waals surface area (Å²) in [5.74, 6) is 2.89. The number of pyridine rings is 1. The largest absolute Gasteiger partial charge is 0.484 e. The van der Waals surface area contributed by atoms with Gasteiger partial charge in [0.25, 0.3) is 0 Å². The van der Waals surface area contributed by atoms with Crippen LogP contribution >= 0.6 is 11.8 Å². The molecule has 290 valence electrons. The van der Waals surface area contributed by atoms with Gasteiger partial charge in [0.05, 0.1) is 30.2 Å². The van der Waals surface area contributed by atoms with Crippen LogP contribution in [-0.2, 0) is 14.9 Å². The zero-order valence-corrected chi connectivity index (χ0v) is 33.2. The average molecular weight is 772 g/mol. The van der Waals surface area contributed by atoms with Gasteiger partial charge in [-0.15, -0.1) is 22.0 Å². The Morgan fingerprint density at radius 2 is 1.73 bits per heavy atom. The van der Waals surface area contributed by atoms with Gasteiger partial charge in [-0.25, -0.2) is 9.48 Å². The molecule has 0 radical (unpaired) electrons. The van der Waals surface area contributed by atoms with Crippen molar-refractivity contribution in [2.45, 2.75) is 88.5 Å². The predicted octanol–water partition coefficient (Wildman–Crippen LogP) is 9.60. The second-order valence-electron chi connectivity index (χ2n) is 15.5. The van der Waals surface area contributed by atoms with E-state index in [0.29, 0.717) is 24.6 Å². The molecule has 1 aliphatic heterocycles. The summed E-state index contributed by atoms with van der Waals surface area (Å²) in [7, 11) is 0. The maximum Gasteiger partial charge on any atom is 0.320 e. The number of nitrogens with one attached hydrogen (secondary N) is 2. The Labute approximate surface area is 332 Å². The van der Waals surface area contributed by atoms with Gasteiger partial charge in [0.2, 0.25) is 0 Å². The minimum absolute atomic E-state index is 0.0930. The first-order chi connectivity index (χ1) is 27.2. The molecule has 0 saturated carbocycles. The topological polar surface area (TPSA) is 117 Å². The number of carbonyl (C=O) groups is 1. The van der Waals surface area contributed by atoms with Crippen LogP contribution in [-0.4, -0.2) is 55.7 Å². The number of hydrogen-bond donors (Lipinski definition) is 2. The lowest BCUT2D eigenvalue weighted by atomic mass is 9.85. The lowest BCUT2D eigenvalue weighted by Gasteiger charge is -2.32. The van der Waals surface area contributed by atoms with Crippen LogP contribution in [0, 0.1) is 6.92 Å². The molecule has 1 fully saturated rings. The third kappa shape index (κ3) is 8.47. The molecule has 1 aliphatic carbocycles. The van der Waals surface area contributed by atoms with Crippen LogP contribution in [0.1, 0.15) is 87.4 Å². The van der Waals surface area contributed by atoms with E-state index in [1.54, 1.807) is 16.4 Å². The maximum atomic E-state index is 13.6. The quantitative estimate of drug-likeness (QED) is 0.0989. The van der Waals surface area contributed by atoms with Crippen molar-refractivity contribution in [2.75, 3.05) is 24.3 Å². The highest BCUT2D eigenvalue weighted by Crippen LogP contribution is 2.39. The molecule has 3 aromatic heterocycles. The maximum absolute atomic E-state index is 13.6. The first-order valence-electron chi connectivity index (χ1n) is 19.5. The monoisotopic (exact) mass is 771 g/mol. The number of anilines is 1. The van der Waals surface area contributed by atoms with Crippen molar-refractivity contribution in [2.24, 2.45) is 0 Å². The minimum atomic E-state index is -0.285. The standard InChI is InChI=1S/C44H49N7O4S/c1-29-16-18-30(19-17-29)51-40(27-38(49-51)44(2,3)4)46-43(52)45-35-21-22-36(33-12-6-5-11-32(33)35)55-31-20-23-39-47-48-42(50(39)28-31)34-13-7-8-14-37(34)56-26-25-54-41-15-9-10-24-53-41/h5-8,11-14,16-20,23,27-28,35-36,41H,9-10,15,21-22,24-26H2,1-4H3,(H2,45,46,52)/t35-,36-,41?/m0/s1. The molecule has 56 heavy (non-hydrogen) atoms. The van der Waals surface area contributed by atoms with E-state index in [2.05, 4.69) is 72.8 Å². The summed E-state index contributed by atoms with van der Waals surface area (Å²) in [5.41, 5.74) is 6.57. The van der Waals surface area contributed by atoms with Gasteiger partial charge in [0, 0.05) is 34.3 Å². The number of amides is 2. The summed E-state index contributed by atoms with van der Waals surface area (Å²) in [6, 6.07) is 30.0. The number of carbonyl (C=O) groups excluding carboxylic acids is 1. The van der Waals surface area contributed by atoms with Crippen molar-refractivity contribution < 1.29 is 19.0 Å². The van der Waals surface area contributed by atoms with Crippen LogP contribution in [0.2, 0.25) is 0 Å². The van der Waals surface area contributed by atoms with E-state index in [1.807, 2.05) is 77.3 Å². The predicted molar refractivity (Wildman–Crippen MR) is 220 cm³/mol. The van der Waals surface area contributed by atoms with Crippen molar-refractivity contribution in [3.8, 4) is 22.8 Å². The Morgan fingerprint density at radius 1 is 0.929 bits per heavy atom. The SMILES string of the molecule is Cc1ccc(-n2nc(C(C)(C)C)cc2NC(=O)N[C@H]2CC[C@H](Oc3ccc4nnc(-c5ccccc5SCCOC5CCCCO5)n4c3)c3ccccc32)cc1. The van der Waals surface area contributed by atoms with Crippen molar-refractivity contribution in [1.82, 2.24) is 29.7 Å². The van der Waals surface area contributed by atoms with Crippen LogP contribution in [0.3, 0.4) is 0 Å². The number of ether oxygens (including phenoxy) is 3. The molecule has 1 saturated heterocycles.